The van der Waals surface area contributed by atoms with Crippen molar-refractivity contribution in [2.24, 2.45) is 0 Å². The summed E-state index contributed by atoms with van der Waals surface area (Å²) in [5, 5.41) is 13.5. The minimum Gasteiger partial charge on any atom is -0.497 e. The highest BCUT2D eigenvalue weighted by molar-refractivity contribution is 5.55. The van der Waals surface area contributed by atoms with Crippen LogP contribution in [-0.2, 0) is 6.54 Å². The summed E-state index contributed by atoms with van der Waals surface area (Å²) in [6.45, 7) is 3.43. The van der Waals surface area contributed by atoms with Crippen molar-refractivity contribution >= 4 is 11.7 Å². The van der Waals surface area contributed by atoms with Crippen LogP contribution in [0.1, 0.15) is 19.2 Å². The summed E-state index contributed by atoms with van der Waals surface area (Å²) in [7, 11) is 1.52. The smallest absolute Gasteiger partial charge is 0.320 e. The molecular formula is C13H17FN4O2. The highest BCUT2D eigenvalue weighted by Crippen LogP contribution is 2.24. The first-order valence-electron chi connectivity index (χ1n) is 6.36. The lowest BCUT2D eigenvalue weighted by Gasteiger charge is -2.05. The number of rotatable bonds is 7. The van der Waals surface area contributed by atoms with Gasteiger partial charge in [-0.1, -0.05) is 12.0 Å². The third kappa shape index (κ3) is 3.67. The van der Waals surface area contributed by atoms with Gasteiger partial charge in [-0.15, -0.1) is 5.10 Å². The molecule has 7 heteroatoms. The molecule has 0 saturated heterocycles. The summed E-state index contributed by atoms with van der Waals surface area (Å²) in [4.78, 5) is 0. The fourth-order valence-electron chi connectivity index (χ4n) is 1.59. The van der Waals surface area contributed by atoms with Crippen LogP contribution in [0.15, 0.2) is 22.6 Å². The molecule has 0 radical (unpaired) electrons. The fourth-order valence-corrected chi connectivity index (χ4v) is 1.59. The molecule has 0 aliphatic heterocycles. The molecule has 20 heavy (non-hydrogen) atoms. The minimum absolute atomic E-state index is 0.144. The van der Waals surface area contributed by atoms with E-state index in [-0.39, 0.29) is 11.7 Å². The third-order valence-electron chi connectivity index (χ3n) is 2.58. The van der Waals surface area contributed by atoms with Gasteiger partial charge in [0.2, 0.25) is 5.89 Å². The lowest BCUT2D eigenvalue weighted by atomic mass is 10.3. The van der Waals surface area contributed by atoms with Crippen LogP contribution in [0.5, 0.6) is 5.75 Å². The number of nitrogens with zero attached hydrogens (tertiary/aromatic N) is 2. The second kappa shape index (κ2) is 6.85. The molecule has 1 aromatic carbocycles. The highest BCUT2D eigenvalue weighted by atomic mass is 19.1. The summed E-state index contributed by atoms with van der Waals surface area (Å²) in [5.41, 5.74) is 0.223. The van der Waals surface area contributed by atoms with Crippen molar-refractivity contribution < 1.29 is 13.5 Å². The van der Waals surface area contributed by atoms with Crippen molar-refractivity contribution in [1.82, 2.24) is 15.5 Å². The van der Waals surface area contributed by atoms with E-state index in [1.54, 1.807) is 0 Å². The van der Waals surface area contributed by atoms with E-state index < -0.39 is 5.82 Å². The molecule has 0 spiro atoms. The summed E-state index contributed by atoms with van der Waals surface area (Å²) in [6.07, 6.45) is 1.02. The Hall–Kier alpha value is -2.15. The van der Waals surface area contributed by atoms with E-state index in [4.69, 9.17) is 9.15 Å². The first kappa shape index (κ1) is 14.3. The van der Waals surface area contributed by atoms with Gasteiger partial charge in [-0.05, 0) is 25.1 Å². The Kier molecular flexibility index (Phi) is 4.89. The number of hydrogen-bond donors (Lipinski definition) is 2. The lowest BCUT2D eigenvalue weighted by molar-refractivity contribution is 0.414. The largest absolute Gasteiger partial charge is 0.497 e. The molecule has 0 atom stereocenters. The van der Waals surface area contributed by atoms with Crippen LogP contribution < -0.4 is 15.4 Å². The summed E-state index contributed by atoms with van der Waals surface area (Å²) in [6, 6.07) is 4.51. The summed E-state index contributed by atoms with van der Waals surface area (Å²) in [5.74, 6) is 0.567. The van der Waals surface area contributed by atoms with Crippen LogP contribution >= 0.6 is 0 Å². The maximum absolute atomic E-state index is 13.6. The predicted octanol–water partition coefficient (Wildman–Crippen LogP) is 2.46. The van der Waals surface area contributed by atoms with Gasteiger partial charge in [-0.3, -0.25) is 0 Å². The van der Waals surface area contributed by atoms with Crippen LogP contribution in [0.4, 0.5) is 16.1 Å². The topological polar surface area (TPSA) is 72.2 Å². The molecule has 2 aromatic rings. The van der Waals surface area contributed by atoms with E-state index >= 15 is 0 Å². The van der Waals surface area contributed by atoms with Gasteiger partial charge < -0.3 is 19.8 Å². The Morgan fingerprint density at radius 2 is 2.20 bits per heavy atom. The van der Waals surface area contributed by atoms with Crippen molar-refractivity contribution in [2.45, 2.75) is 19.9 Å². The van der Waals surface area contributed by atoms with E-state index in [1.807, 2.05) is 0 Å². The quantitative estimate of drug-likeness (QED) is 0.759. The highest BCUT2D eigenvalue weighted by Gasteiger charge is 2.09. The van der Waals surface area contributed by atoms with Gasteiger partial charge >= 0.3 is 6.01 Å². The second-order valence-corrected chi connectivity index (χ2v) is 4.15. The maximum atomic E-state index is 13.6. The zero-order chi connectivity index (χ0) is 14.4. The van der Waals surface area contributed by atoms with Gasteiger partial charge in [0.05, 0.1) is 19.3 Å². The van der Waals surface area contributed by atoms with Gasteiger partial charge in [0, 0.05) is 6.07 Å². The zero-order valence-electron chi connectivity index (χ0n) is 11.4. The lowest BCUT2D eigenvalue weighted by Crippen LogP contribution is -2.13. The molecule has 2 N–H and O–H groups in total. The van der Waals surface area contributed by atoms with E-state index in [1.165, 1.54) is 25.3 Å². The average Bonchev–Trinajstić information content (AvgIpc) is 2.89. The SMILES string of the molecule is CCCNCc1nnc(Nc2cc(OC)ccc2F)o1. The van der Waals surface area contributed by atoms with Gasteiger partial charge in [-0.25, -0.2) is 4.39 Å². The van der Waals surface area contributed by atoms with Crippen LogP contribution in [0, 0.1) is 5.82 Å². The molecule has 0 aliphatic rings. The predicted molar refractivity (Wildman–Crippen MR) is 72.5 cm³/mol. The first-order valence-corrected chi connectivity index (χ1v) is 6.36. The number of anilines is 2. The van der Waals surface area contributed by atoms with Crippen molar-refractivity contribution in [2.75, 3.05) is 19.0 Å². The molecule has 0 fully saturated rings. The molecule has 1 heterocycles. The van der Waals surface area contributed by atoms with Crippen molar-refractivity contribution in [3.05, 3.63) is 29.9 Å². The number of nitrogens with one attached hydrogen (secondary N) is 2. The van der Waals surface area contributed by atoms with Crippen LogP contribution in [0.25, 0.3) is 0 Å². The normalized spacial score (nSPS) is 10.6. The number of hydrogen-bond acceptors (Lipinski definition) is 6. The summed E-state index contributed by atoms with van der Waals surface area (Å²) < 4.78 is 24.0. The molecule has 1 aromatic heterocycles. The Balaban J connectivity index is 2.03. The number of ether oxygens (including phenoxy) is 1. The molecule has 0 bridgehead atoms. The Bertz CT molecular complexity index is 559. The first-order chi connectivity index (χ1) is 9.72. The molecular weight excluding hydrogens is 263 g/mol. The van der Waals surface area contributed by atoms with E-state index in [0.29, 0.717) is 18.2 Å². The molecule has 0 saturated carbocycles. The minimum atomic E-state index is -0.422. The third-order valence-corrected chi connectivity index (χ3v) is 2.58. The van der Waals surface area contributed by atoms with E-state index in [2.05, 4.69) is 27.8 Å². The van der Waals surface area contributed by atoms with Crippen LogP contribution in [0.3, 0.4) is 0 Å². The standard InChI is InChI=1S/C13H17FN4O2/c1-3-6-15-8-12-17-18-13(20-12)16-11-7-9(19-2)4-5-10(11)14/h4-5,7,15H,3,6,8H2,1-2H3,(H,16,18). The van der Waals surface area contributed by atoms with Crippen molar-refractivity contribution in [3.8, 4) is 5.75 Å². The van der Waals surface area contributed by atoms with Gasteiger partial charge in [0.25, 0.3) is 0 Å². The summed E-state index contributed by atoms with van der Waals surface area (Å²) >= 11 is 0. The Morgan fingerprint density at radius 1 is 1.35 bits per heavy atom. The van der Waals surface area contributed by atoms with Gasteiger partial charge in [-0.2, -0.15) is 0 Å². The number of methoxy groups -OCH3 is 1. The molecule has 108 valence electrons. The zero-order valence-corrected chi connectivity index (χ0v) is 11.4. The maximum Gasteiger partial charge on any atom is 0.320 e. The Labute approximate surface area is 116 Å². The second-order valence-electron chi connectivity index (χ2n) is 4.15. The van der Waals surface area contributed by atoms with E-state index in [0.717, 1.165) is 13.0 Å². The van der Waals surface area contributed by atoms with Crippen molar-refractivity contribution in [3.63, 3.8) is 0 Å². The Morgan fingerprint density at radius 3 is 2.95 bits per heavy atom. The average molecular weight is 280 g/mol. The monoisotopic (exact) mass is 280 g/mol. The number of benzene rings is 1. The molecule has 0 unspecified atom stereocenters. The van der Waals surface area contributed by atoms with E-state index in [9.17, 15) is 4.39 Å². The molecule has 2 rings (SSSR count). The number of aromatic nitrogens is 2. The van der Waals surface area contributed by atoms with Gasteiger partial charge in [0.1, 0.15) is 11.6 Å². The van der Waals surface area contributed by atoms with Crippen LogP contribution in [-0.4, -0.2) is 23.9 Å². The number of halogens is 1. The molecule has 6 nitrogen and oxygen atoms in total. The molecule has 0 aliphatic carbocycles. The van der Waals surface area contributed by atoms with Crippen molar-refractivity contribution in [1.29, 1.82) is 0 Å². The fraction of sp³-hybridized carbons (Fsp3) is 0.385. The van der Waals surface area contributed by atoms with Crippen LogP contribution in [0.2, 0.25) is 0 Å². The van der Waals surface area contributed by atoms with Gasteiger partial charge in [0.15, 0.2) is 0 Å². The molecule has 0 amide bonds.